The molecule has 6 nitrogen and oxygen atoms in total. The van der Waals surface area contributed by atoms with Crippen LogP contribution in [0.15, 0.2) is 4.52 Å². The van der Waals surface area contributed by atoms with Crippen molar-refractivity contribution in [3.63, 3.8) is 0 Å². The van der Waals surface area contributed by atoms with E-state index >= 15 is 0 Å². The molecule has 1 aliphatic heterocycles. The molecule has 1 saturated carbocycles. The lowest BCUT2D eigenvalue weighted by Gasteiger charge is -2.28. The van der Waals surface area contributed by atoms with Crippen molar-refractivity contribution in [3.05, 3.63) is 11.7 Å². The van der Waals surface area contributed by atoms with Crippen LogP contribution in [0.1, 0.15) is 42.9 Å². The smallest absolute Gasteiger partial charge is 0.230 e. The first-order chi connectivity index (χ1) is 9.13. The van der Waals surface area contributed by atoms with Gasteiger partial charge in [0.25, 0.3) is 0 Å². The van der Waals surface area contributed by atoms with Crippen molar-refractivity contribution in [3.8, 4) is 0 Å². The minimum Gasteiger partial charge on any atom is -0.393 e. The quantitative estimate of drug-likeness (QED) is 0.846. The molecule has 1 unspecified atom stereocenters. The molecule has 2 aliphatic rings. The molecule has 2 heterocycles. The van der Waals surface area contributed by atoms with Gasteiger partial charge in [-0.15, -0.1) is 0 Å². The summed E-state index contributed by atoms with van der Waals surface area (Å²) in [5.41, 5.74) is 0. The molecule has 0 amide bonds. The van der Waals surface area contributed by atoms with Crippen LogP contribution in [0.5, 0.6) is 0 Å². The van der Waals surface area contributed by atoms with E-state index in [1.165, 1.54) is 6.42 Å². The third kappa shape index (κ3) is 2.66. The summed E-state index contributed by atoms with van der Waals surface area (Å²) in [6.07, 6.45) is 2.49. The number of aliphatic hydroxyl groups excluding tert-OH is 1. The molecule has 1 aliphatic carbocycles. The van der Waals surface area contributed by atoms with Gasteiger partial charge in [-0.2, -0.15) is 4.98 Å². The third-order valence-corrected chi connectivity index (χ3v) is 4.29. The number of aliphatic hydroxyl groups is 1. The van der Waals surface area contributed by atoms with E-state index in [1.54, 1.807) is 0 Å². The maximum atomic E-state index is 9.34. The highest BCUT2D eigenvalue weighted by atomic mass is 16.5. The highest BCUT2D eigenvalue weighted by Crippen LogP contribution is 2.36. The van der Waals surface area contributed by atoms with Gasteiger partial charge in [0.2, 0.25) is 5.89 Å². The zero-order valence-electron chi connectivity index (χ0n) is 11.6. The molecule has 6 heteroatoms. The molecule has 0 spiro atoms. The van der Waals surface area contributed by atoms with Gasteiger partial charge in [0.1, 0.15) is 0 Å². The molecule has 1 N–H and O–H groups in total. The molecule has 0 aromatic carbocycles. The average molecular weight is 266 g/mol. The summed E-state index contributed by atoms with van der Waals surface area (Å²) < 4.78 is 5.38. The fraction of sp³-hybridized carbons (Fsp3) is 0.846. The molecule has 3 rings (SSSR count). The normalized spacial score (nSPS) is 33.9. The van der Waals surface area contributed by atoms with Crippen molar-refractivity contribution in [1.29, 1.82) is 0 Å². The van der Waals surface area contributed by atoms with Crippen LogP contribution in [0, 0.1) is 0 Å². The number of nitrogens with zero attached hydrogens (tertiary/aromatic N) is 4. The molecule has 1 saturated heterocycles. The summed E-state index contributed by atoms with van der Waals surface area (Å²) in [6, 6.07) is 0.204. The SMILES string of the molecule is CN1CCCN(C)C(c2noc(C3CC(O)C3)n2)C1. The van der Waals surface area contributed by atoms with Crippen molar-refractivity contribution in [2.75, 3.05) is 33.7 Å². The summed E-state index contributed by atoms with van der Waals surface area (Å²) >= 11 is 0. The van der Waals surface area contributed by atoms with Crippen molar-refractivity contribution in [2.45, 2.75) is 37.3 Å². The van der Waals surface area contributed by atoms with Gasteiger partial charge in [-0.3, -0.25) is 4.90 Å². The Labute approximate surface area is 113 Å². The monoisotopic (exact) mass is 266 g/mol. The summed E-state index contributed by atoms with van der Waals surface area (Å²) in [5, 5.41) is 13.5. The Bertz CT molecular complexity index is 430. The van der Waals surface area contributed by atoms with Crippen LogP contribution < -0.4 is 0 Å². The lowest BCUT2D eigenvalue weighted by atomic mass is 9.82. The van der Waals surface area contributed by atoms with Crippen LogP contribution in [0.25, 0.3) is 0 Å². The average Bonchev–Trinajstić information content (AvgIpc) is 2.74. The zero-order valence-corrected chi connectivity index (χ0v) is 11.6. The fourth-order valence-electron chi connectivity index (χ4n) is 2.89. The van der Waals surface area contributed by atoms with Crippen molar-refractivity contribution in [1.82, 2.24) is 19.9 Å². The van der Waals surface area contributed by atoms with Crippen LogP contribution in [-0.4, -0.2) is 64.9 Å². The molecular formula is C13H22N4O2. The Hall–Kier alpha value is -0.980. The second-order valence-electron chi connectivity index (χ2n) is 5.93. The lowest BCUT2D eigenvalue weighted by molar-refractivity contribution is 0.0624. The van der Waals surface area contributed by atoms with E-state index in [-0.39, 0.29) is 18.1 Å². The van der Waals surface area contributed by atoms with E-state index in [2.05, 4.69) is 34.0 Å². The van der Waals surface area contributed by atoms with E-state index in [4.69, 9.17) is 4.52 Å². The van der Waals surface area contributed by atoms with Crippen molar-refractivity contribution < 1.29 is 9.63 Å². The number of hydrogen-bond acceptors (Lipinski definition) is 6. The predicted octanol–water partition coefficient (Wildman–Crippen LogP) is 0.616. The molecule has 0 bridgehead atoms. The first kappa shape index (κ1) is 13.0. The second kappa shape index (κ2) is 5.19. The summed E-state index contributed by atoms with van der Waals surface area (Å²) in [5.74, 6) is 1.73. The van der Waals surface area contributed by atoms with Crippen LogP contribution in [0.2, 0.25) is 0 Å². The maximum absolute atomic E-state index is 9.34. The van der Waals surface area contributed by atoms with Gasteiger partial charge in [0.15, 0.2) is 5.82 Å². The molecular weight excluding hydrogens is 244 g/mol. The maximum Gasteiger partial charge on any atom is 0.230 e. The first-order valence-electron chi connectivity index (χ1n) is 7.04. The minimum atomic E-state index is -0.188. The molecule has 0 radical (unpaired) electrons. The van der Waals surface area contributed by atoms with Crippen LogP contribution in [0.4, 0.5) is 0 Å². The van der Waals surface area contributed by atoms with E-state index in [0.717, 1.165) is 38.3 Å². The van der Waals surface area contributed by atoms with Crippen molar-refractivity contribution in [2.24, 2.45) is 0 Å². The summed E-state index contributed by atoms with van der Waals surface area (Å²) in [4.78, 5) is 9.18. The Morgan fingerprint density at radius 2 is 2.05 bits per heavy atom. The van der Waals surface area contributed by atoms with Crippen molar-refractivity contribution >= 4 is 0 Å². The Morgan fingerprint density at radius 3 is 2.79 bits per heavy atom. The Kier molecular flexibility index (Phi) is 3.56. The number of aromatic nitrogens is 2. The van der Waals surface area contributed by atoms with Gasteiger partial charge in [-0.05, 0) is 46.4 Å². The predicted molar refractivity (Wildman–Crippen MR) is 69.8 cm³/mol. The molecule has 1 aromatic rings. The van der Waals surface area contributed by atoms with Gasteiger partial charge >= 0.3 is 0 Å². The van der Waals surface area contributed by atoms with Crippen LogP contribution in [-0.2, 0) is 0 Å². The number of likely N-dealkylation sites (N-methyl/N-ethyl adjacent to an activating group) is 2. The minimum absolute atomic E-state index is 0.188. The van der Waals surface area contributed by atoms with E-state index in [1.807, 2.05) is 0 Å². The second-order valence-corrected chi connectivity index (χ2v) is 5.93. The first-order valence-corrected chi connectivity index (χ1v) is 7.04. The number of rotatable bonds is 2. The standard InChI is InChI=1S/C13H22N4O2/c1-16-4-3-5-17(2)11(8-16)12-14-13(19-15-12)9-6-10(18)7-9/h9-11,18H,3-8H2,1-2H3. The molecule has 19 heavy (non-hydrogen) atoms. The highest BCUT2D eigenvalue weighted by molar-refractivity contribution is 5.04. The van der Waals surface area contributed by atoms with Gasteiger partial charge < -0.3 is 14.5 Å². The molecule has 106 valence electrons. The highest BCUT2D eigenvalue weighted by Gasteiger charge is 2.34. The summed E-state index contributed by atoms with van der Waals surface area (Å²) in [6.45, 7) is 3.10. The fourth-order valence-corrected chi connectivity index (χ4v) is 2.89. The summed E-state index contributed by atoms with van der Waals surface area (Å²) in [7, 11) is 4.25. The molecule has 2 fully saturated rings. The Balaban J connectivity index is 1.73. The van der Waals surface area contributed by atoms with Gasteiger partial charge in [-0.1, -0.05) is 5.16 Å². The van der Waals surface area contributed by atoms with E-state index < -0.39 is 0 Å². The van der Waals surface area contributed by atoms with Gasteiger partial charge in [0.05, 0.1) is 12.1 Å². The van der Waals surface area contributed by atoms with Crippen LogP contribution >= 0.6 is 0 Å². The molecule has 1 aromatic heterocycles. The van der Waals surface area contributed by atoms with Gasteiger partial charge in [-0.25, -0.2) is 0 Å². The number of hydrogen-bond donors (Lipinski definition) is 1. The molecule has 1 atom stereocenters. The van der Waals surface area contributed by atoms with Crippen LogP contribution in [0.3, 0.4) is 0 Å². The topological polar surface area (TPSA) is 65.6 Å². The van der Waals surface area contributed by atoms with E-state index in [9.17, 15) is 5.11 Å². The largest absolute Gasteiger partial charge is 0.393 e. The van der Waals surface area contributed by atoms with E-state index in [0.29, 0.717) is 5.89 Å². The lowest BCUT2D eigenvalue weighted by Crippen LogP contribution is -2.31. The zero-order chi connectivity index (χ0) is 13.4. The Morgan fingerprint density at radius 1 is 1.26 bits per heavy atom. The third-order valence-electron chi connectivity index (χ3n) is 4.29. The van der Waals surface area contributed by atoms with Gasteiger partial charge in [0, 0.05) is 12.5 Å².